The van der Waals surface area contributed by atoms with Crippen LogP contribution in [-0.4, -0.2) is 21.7 Å². The van der Waals surface area contributed by atoms with Crippen LogP contribution in [0.2, 0.25) is 0 Å². The third kappa shape index (κ3) is 3.46. The molecule has 1 aliphatic rings. The fourth-order valence-corrected chi connectivity index (χ4v) is 3.45. The molecule has 6 nitrogen and oxygen atoms in total. The molecule has 0 atom stereocenters. The summed E-state index contributed by atoms with van der Waals surface area (Å²) in [6.45, 7) is 0.589. The number of anilines is 2. The first-order valence-corrected chi connectivity index (χ1v) is 8.96. The van der Waals surface area contributed by atoms with Crippen LogP contribution in [0.25, 0.3) is 11.3 Å². The molecule has 0 spiro atoms. The molecule has 0 saturated heterocycles. The number of hydrazine groups is 1. The second-order valence-electron chi connectivity index (χ2n) is 6.85. The van der Waals surface area contributed by atoms with Crippen LogP contribution in [0.4, 0.5) is 15.9 Å². The molecule has 0 aliphatic heterocycles. The second-order valence-corrected chi connectivity index (χ2v) is 6.85. The Morgan fingerprint density at radius 2 is 1.85 bits per heavy atom. The second kappa shape index (κ2) is 7.28. The summed E-state index contributed by atoms with van der Waals surface area (Å²) in [7, 11) is 0. The van der Waals surface area contributed by atoms with E-state index in [4.69, 9.17) is 5.84 Å². The Hall–Kier alpha value is -3.06. The van der Waals surface area contributed by atoms with Gasteiger partial charge in [0.2, 0.25) is 0 Å². The van der Waals surface area contributed by atoms with Gasteiger partial charge in [0.15, 0.2) is 0 Å². The maximum absolute atomic E-state index is 14.2. The van der Waals surface area contributed by atoms with Crippen LogP contribution in [0.1, 0.15) is 25.0 Å². The number of nitrogens with zero attached hydrogens (tertiary/aromatic N) is 3. The Kier molecular flexibility index (Phi) is 4.68. The molecule has 4 rings (SSSR count). The van der Waals surface area contributed by atoms with Crippen LogP contribution >= 0.6 is 0 Å². The molecule has 0 radical (unpaired) electrons. The van der Waals surface area contributed by atoms with E-state index in [1.807, 2.05) is 36.4 Å². The van der Waals surface area contributed by atoms with Crippen LogP contribution in [0, 0.1) is 5.82 Å². The molecule has 4 N–H and O–H groups in total. The first-order chi connectivity index (χ1) is 13.2. The van der Waals surface area contributed by atoms with Gasteiger partial charge in [-0.3, -0.25) is 10.8 Å². The molecular formula is C20H21FN6. The van der Waals surface area contributed by atoms with E-state index in [1.54, 1.807) is 12.3 Å². The zero-order chi connectivity index (χ0) is 18.7. The van der Waals surface area contributed by atoms with E-state index in [1.165, 1.54) is 6.07 Å². The van der Waals surface area contributed by atoms with Gasteiger partial charge in [-0.2, -0.15) is 0 Å². The van der Waals surface area contributed by atoms with Gasteiger partial charge >= 0.3 is 0 Å². The van der Waals surface area contributed by atoms with Crippen molar-refractivity contribution < 1.29 is 4.39 Å². The Labute approximate surface area is 157 Å². The average molecular weight is 364 g/mol. The minimum absolute atomic E-state index is 0.240. The lowest BCUT2D eigenvalue weighted by molar-refractivity contribution is 0.243. The summed E-state index contributed by atoms with van der Waals surface area (Å²) in [4.78, 5) is 4.29. The fraction of sp³-hybridized carbons (Fsp3) is 0.250. The lowest BCUT2D eigenvalue weighted by Gasteiger charge is -2.41. The summed E-state index contributed by atoms with van der Waals surface area (Å²) in [5.74, 6) is 5.81. The lowest BCUT2D eigenvalue weighted by Crippen LogP contribution is -2.42. The Morgan fingerprint density at radius 1 is 1.04 bits per heavy atom. The van der Waals surface area contributed by atoms with Gasteiger partial charge in [-0.15, -0.1) is 10.2 Å². The molecule has 1 fully saturated rings. The van der Waals surface area contributed by atoms with Crippen LogP contribution < -0.4 is 16.6 Å². The molecule has 1 aromatic carbocycles. The van der Waals surface area contributed by atoms with Gasteiger partial charge in [-0.05, 0) is 49.2 Å². The molecule has 138 valence electrons. The number of nitrogens with two attached hydrogens (primary N) is 1. The maximum Gasteiger partial charge on any atom is 0.148 e. The monoisotopic (exact) mass is 364 g/mol. The molecule has 0 amide bonds. The summed E-state index contributed by atoms with van der Waals surface area (Å²) < 4.78 is 14.2. The smallest absolute Gasteiger partial charge is 0.148 e. The van der Waals surface area contributed by atoms with Crippen molar-refractivity contribution in [3.8, 4) is 11.3 Å². The predicted molar refractivity (Wildman–Crippen MR) is 103 cm³/mol. The first-order valence-electron chi connectivity index (χ1n) is 8.96. The number of halogens is 1. The highest BCUT2D eigenvalue weighted by Crippen LogP contribution is 2.43. The highest BCUT2D eigenvalue weighted by molar-refractivity contribution is 5.62. The molecule has 27 heavy (non-hydrogen) atoms. The zero-order valence-corrected chi connectivity index (χ0v) is 14.8. The summed E-state index contributed by atoms with van der Waals surface area (Å²) >= 11 is 0. The van der Waals surface area contributed by atoms with E-state index in [2.05, 4.69) is 25.9 Å². The van der Waals surface area contributed by atoms with Crippen LogP contribution in [0.15, 0.2) is 54.7 Å². The molecule has 2 heterocycles. The molecule has 0 bridgehead atoms. The molecule has 3 aromatic rings. The molecule has 7 heteroatoms. The minimum atomic E-state index is -0.267. The Bertz CT molecular complexity index is 907. The van der Waals surface area contributed by atoms with E-state index < -0.39 is 0 Å². The van der Waals surface area contributed by atoms with Gasteiger partial charge in [-0.25, -0.2) is 4.39 Å². The number of rotatable bonds is 6. The highest BCUT2D eigenvalue weighted by Gasteiger charge is 2.41. The van der Waals surface area contributed by atoms with E-state index in [0.29, 0.717) is 18.1 Å². The van der Waals surface area contributed by atoms with Gasteiger partial charge < -0.3 is 10.7 Å². The normalized spacial score (nSPS) is 15.0. The zero-order valence-electron chi connectivity index (χ0n) is 14.8. The number of aromatic nitrogens is 3. The molecule has 2 aromatic heterocycles. The SMILES string of the molecule is NNc1ccc(-c2ccc(NCC3(c4ncccc4F)CCC3)nn2)cc1. The number of benzene rings is 1. The van der Waals surface area contributed by atoms with Gasteiger partial charge in [0.05, 0.1) is 11.4 Å². The summed E-state index contributed by atoms with van der Waals surface area (Å²) in [5, 5.41) is 11.8. The van der Waals surface area contributed by atoms with Crippen molar-refractivity contribution in [2.45, 2.75) is 24.7 Å². The number of nitrogen functional groups attached to an aromatic ring is 1. The lowest BCUT2D eigenvalue weighted by atomic mass is 9.66. The van der Waals surface area contributed by atoms with E-state index in [-0.39, 0.29) is 11.2 Å². The molecule has 1 saturated carbocycles. The average Bonchev–Trinajstić information content (AvgIpc) is 2.69. The van der Waals surface area contributed by atoms with Crippen LogP contribution in [-0.2, 0) is 5.41 Å². The van der Waals surface area contributed by atoms with E-state index in [0.717, 1.165) is 36.2 Å². The maximum atomic E-state index is 14.2. The van der Waals surface area contributed by atoms with Crippen molar-refractivity contribution in [3.05, 3.63) is 66.2 Å². The third-order valence-corrected chi connectivity index (χ3v) is 5.19. The number of pyridine rings is 1. The Balaban J connectivity index is 1.46. The van der Waals surface area contributed by atoms with Gasteiger partial charge in [0.1, 0.15) is 11.6 Å². The van der Waals surface area contributed by atoms with Crippen molar-refractivity contribution in [2.24, 2.45) is 5.84 Å². The number of hydrogen-bond donors (Lipinski definition) is 3. The molecular weight excluding hydrogens is 343 g/mol. The Morgan fingerprint density at radius 3 is 2.44 bits per heavy atom. The van der Waals surface area contributed by atoms with Crippen molar-refractivity contribution in [3.63, 3.8) is 0 Å². The summed E-state index contributed by atoms with van der Waals surface area (Å²) in [6, 6.07) is 14.5. The van der Waals surface area contributed by atoms with Gasteiger partial charge in [-0.1, -0.05) is 18.6 Å². The van der Waals surface area contributed by atoms with Crippen molar-refractivity contribution >= 4 is 11.5 Å². The fourth-order valence-electron chi connectivity index (χ4n) is 3.45. The summed E-state index contributed by atoms with van der Waals surface area (Å²) in [6.07, 6.45) is 4.57. The molecule has 0 unspecified atom stereocenters. The molecule has 1 aliphatic carbocycles. The van der Waals surface area contributed by atoms with Gasteiger partial charge in [0, 0.05) is 29.4 Å². The number of hydrogen-bond acceptors (Lipinski definition) is 6. The standard InChI is InChI=1S/C20H21FN6/c21-16-3-1-12-23-19(16)20(10-2-11-20)13-24-18-9-8-17(26-27-18)14-4-6-15(25-22)7-5-14/h1,3-9,12,25H,2,10-11,13,22H2,(H,24,27). The topological polar surface area (TPSA) is 88.8 Å². The van der Waals surface area contributed by atoms with E-state index >= 15 is 0 Å². The largest absolute Gasteiger partial charge is 0.368 e. The van der Waals surface area contributed by atoms with Crippen molar-refractivity contribution in [2.75, 3.05) is 17.3 Å². The van der Waals surface area contributed by atoms with E-state index in [9.17, 15) is 4.39 Å². The van der Waals surface area contributed by atoms with Gasteiger partial charge in [0.25, 0.3) is 0 Å². The number of nitrogens with one attached hydrogen (secondary N) is 2. The van der Waals surface area contributed by atoms with Crippen molar-refractivity contribution in [1.82, 2.24) is 15.2 Å². The third-order valence-electron chi connectivity index (χ3n) is 5.19. The first kappa shape index (κ1) is 17.4. The summed E-state index contributed by atoms with van der Waals surface area (Å²) in [5.41, 5.74) is 5.44. The highest BCUT2D eigenvalue weighted by atomic mass is 19.1. The van der Waals surface area contributed by atoms with Crippen LogP contribution in [0.3, 0.4) is 0 Å². The predicted octanol–water partition coefficient (Wildman–Crippen LogP) is 3.50. The quantitative estimate of drug-likeness (QED) is 0.458. The van der Waals surface area contributed by atoms with Crippen molar-refractivity contribution in [1.29, 1.82) is 0 Å². The minimum Gasteiger partial charge on any atom is -0.368 e. The van der Waals surface area contributed by atoms with Crippen LogP contribution in [0.5, 0.6) is 0 Å².